The summed E-state index contributed by atoms with van der Waals surface area (Å²) >= 11 is 1.81. The highest BCUT2D eigenvalue weighted by Crippen LogP contribution is 2.56. The van der Waals surface area contributed by atoms with Gasteiger partial charge in [-0.05, 0) is 74.6 Å². The Balaban J connectivity index is 1.10. The van der Waals surface area contributed by atoms with Crippen LogP contribution in [0.3, 0.4) is 0 Å². The molecule has 0 amide bonds. The molecule has 0 saturated heterocycles. The lowest BCUT2D eigenvalue weighted by Crippen LogP contribution is -2.25. The number of hydrogen-bond acceptors (Lipinski definition) is 4. The third-order valence-electron chi connectivity index (χ3n) is 11.3. The Kier molecular flexibility index (Phi) is 8.26. The number of benzene rings is 5. The van der Waals surface area contributed by atoms with Gasteiger partial charge in [0.25, 0.3) is 0 Å². The highest BCUT2D eigenvalue weighted by molar-refractivity contribution is 8.02. The SMILES string of the molecule is C1=CC2C=CC=C(c3cccc(C4/C=C/Sc5cc(-c6cc(-c7ccccc7)ncn6)ccc5C5(/C=C/C4)c4ccccc4-c4ccccc45)c3)C2N=C1. The van der Waals surface area contributed by atoms with Crippen molar-refractivity contribution in [2.45, 2.75) is 28.7 Å². The first kappa shape index (κ1) is 32.5. The standard InChI is InChI=1S/C50H37N3S/c1-2-12-35(13-3-1)46-32-47(53-33-52-46)39-24-25-45-48(31-39)54-29-26-34(37-15-8-16-38(30-37)40-21-9-14-36-18-11-28-51-49(36)40)17-10-27-50(45)43-22-6-4-19-41(43)42-20-5-7-23-44(42)50/h1-16,18-34,36,49H,17H2/b27-10+,29-26+. The Bertz CT molecular complexity index is 2550. The van der Waals surface area contributed by atoms with Gasteiger partial charge in [0.05, 0.1) is 22.8 Å². The van der Waals surface area contributed by atoms with Crippen molar-refractivity contribution in [3.8, 4) is 33.6 Å². The van der Waals surface area contributed by atoms with Crippen molar-refractivity contribution in [2.24, 2.45) is 10.9 Å². The van der Waals surface area contributed by atoms with Crippen molar-refractivity contribution in [1.82, 2.24) is 9.97 Å². The van der Waals surface area contributed by atoms with Crippen LogP contribution < -0.4 is 0 Å². The maximum Gasteiger partial charge on any atom is 0.116 e. The minimum absolute atomic E-state index is 0.122. The van der Waals surface area contributed by atoms with Gasteiger partial charge in [0.15, 0.2) is 0 Å². The monoisotopic (exact) mass is 711 g/mol. The molecule has 2 aliphatic heterocycles. The molecule has 3 nitrogen and oxygen atoms in total. The second-order valence-electron chi connectivity index (χ2n) is 14.3. The fourth-order valence-corrected chi connectivity index (χ4v) is 9.69. The molecule has 0 radical (unpaired) electrons. The molecular formula is C50H37N3S. The molecule has 5 aromatic carbocycles. The summed E-state index contributed by atoms with van der Waals surface area (Å²) in [6.07, 6.45) is 22.8. The molecule has 0 N–H and O–H groups in total. The van der Waals surface area contributed by atoms with Gasteiger partial charge in [-0.25, -0.2) is 9.97 Å². The Morgan fingerprint density at radius 2 is 1.35 bits per heavy atom. The number of aliphatic imine (C=N–C) groups is 1. The van der Waals surface area contributed by atoms with E-state index in [-0.39, 0.29) is 12.0 Å². The summed E-state index contributed by atoms with van der Waals surface area (Å²) in [4.78, 5) is 15.5. The molecule has 3 atom stereocenters. The smallest absolute Gasteiger partial charge is 0.116 e. The highest BCUT2D eigenvalue weighted by atomic mass is 32.2. The quantitative estimate of drug-likeness (QED) is 0.171. The van der Waals surface area contributed by atoms with Crippen LogP contribution in [0.15, 0.2) is 198 Å². The molecule has 258 valence electrons. The Hall–Kier alpha value is -6.10. The van der Waals surface area contributed by atoms with E-state index in [1.165, 1.54) is 49.4 Å². The van der Waals surface area contributed by atoms with Gasteiger partial charge in [-0.1, -0.05) is 170 Å². The van der Waals surface area contributed by atoms with Crippen molar-refractivity contribution in [3.63, 3.8) is 0 Å². The molecule has 4 aliphatic rings. The average Bonchev–Trinajstić information content (AvgIpc) is 3.53. The Labute approximate surface area is 321 Å². The minimum atomic E-state index is -0.451. The van der Waals surface area contributed by atoms with E-state index in [0.717, 1.165) is 28.9 Å². The highest BCUT2D eigenvalue weighted by Gasteiger charge is 2.44. The first-order chi connectivity index (χ1) is 26.8. The largest absolute Gasteiger partial charge is 0.284 e. The van der Waals surface area contributed by atoms with Gasteiger partial charge in [-0.2, -0.15) is 0 Å². The number of nitrogens with zero attached hydrogens (tertiary/aromatic N) is 3. The fourth-order valence-electron chi connectivity index (χ4n) is 8.72. The van der Waals surface area contributed by atoms with Crippen molar-refractivity contribution in [2.75, 3.05) is 0 Å². The molecule has 0 fully saturated rings. The Morgan fingerprint density at radius 3 is 2.19 bits per heavy atom. The van der Waals surface area contributed by atoms with Crippen molar-refractivity contribution >= 4 is 23.5 Å². The first-order valence-electron chi connectivity index (χ1n) is 18.7. The van der Waals surface area contributed by atoms with Crippen LogP contribution in [-0.4, -0.2) is 22.2 Å². The van der Waals surface area contributed by atoms with Crippen LogP contribution in [0.4, 0.5) is 0 Å². The van der Waals surface area contributed by atoms with E-state index in [1.807, 2.05) is 24.4 Å². The predicted octanol–water partition coefficient (Wildman–Crippen LogP) is 12.1. The van der Waals surface area contributed by atoms with E-state index in [4.69, 9.17) is 9.98 Å². The van der Waals surface area contributed by atoms with Gasteiger partial charge in [-0.3, -0.25) is 4.99 Å². The molecule has 1 aromatic heterocycles. The van der Waals surface area contributed by atoms with Crippen LogP contribution in [0.25, 0.3) is 39.2 Å². The van der Waals surface area contributed by atoms with E-state index in [2.05, 4.69) is 168 Å². The molecule has 54 heavy (non-hydrogen) atoms. The lowest BCUT2D eigenvalue weighted by atomic mass is 9.71. The molecular weight excluding hydrogens is 675 g/mol. The number of rotatable bonds is 4. The van der Waals surface area contributed by atoms with Crippen LogP contribution >= 0.6 is 11.8 Å². The summed E-state index contributed by atoms with van der Waals surface area (Å²) < 4.78 is 0. The molecule has 3 heterocycles. The molecule has 6 aromatic rings. The minimum Gasteiger partial charge on any atom is -0.284 e. The summed E-state index contributed by atoms with van der Waals surface area (Å²) in [7, 11) is 0. The second kappa shape index (κ2) is 13.7. The summed E-state index contributed by atoms with van der Waals surface area (Å²) in [6.45, 7) is 0. The van der Waals surface area contributed by atoms with E-state index >= 15 is 0 Å². The lowest BCUT2D eigenvalue weighted by Gasteiger charge is -2.32. The molecule has 3 unspecified atom stereocenters. The molecule has 4 heteroatoms. The maximum absolute atomic E-state index is 4.88. The van der Waals surface area contributed by atoms with Crippen molar-refractivity contribution < 1.29 is 0 Å². The maximum atomic E-state index is 4.88. The summed E-state index contributed by atoms with van der Waals surface area (Å²) in [6, 6.07) is 46.5. The van der Waals surface area contributed by atoms with Crippen LogP contribution in [-0.2, 0) is 5.41 Å². The summed E-state index contributed by atoms with van der Waals surface area (Å²) in [5.74, 6) is 0.500. The van der Waals surface area contributed by atoms with E-state index in [0.29, 0.717) is 5.92 Å². The third kappa shape index (κ3) is 5.57. The van der Waals surface area contributed by atoms with E-state index in [1.54, 1.807) is 18.1 Å². The van der Waals surface area contributed by atoms with Crippen LogP contribution in [0.1, 0.15) is 40.2 Å². The number of thioether (sulfide) groups is 1. The molecule has 10 rings (SSSR count). The molecule has 1 spiro atoms. The zero-order valence-electron chi connectivity index (χ0n) is 29.7. The molecule has 0 bridgehead atoms. The van der Waals surface area contributed by atoms with Crippen LogP contribution in [0, 0.1) is 5.92 Å². The van der Waals surface area contributed by atoms with Gasteiger partial charge in [0.1, 0.15) is 6.33 Å². The van der Waals surface area contributed by atoms with Crippen LogP contribution in [0.2, 0.25) is 0 Å². The Morgan fingerprint density at radius 1 is 0.611 bits per heavy atom. The second-order valence-corrected chi connectivity index (χ2v) is 15.2. The fraction of sp³-hybridized carbons (Fsp3) is 0.100. The van der Waals surface area contributed by atoms with Gasteiger partial charge in [0, 0.05) is 34.1 Å². The van der Waals surface area contributed by atoms with Crippen molar-refractivity contribution in [1.29, 1.82) is 0 Å². The van der Waals surface area contributed by atoms with Gasteiger partial charge in [0.2, 0.25) is 0 Å². The summed E-state index contributed by atoms with van der Waals surface area (Å²) in [5, 5.41) is 2.31. The van der Waals surface area contributed by atoms with Crippen molar-refractivity contribution in [3.05, 3.63) is 216 Å². The number of fused-ring (bicyclic) bond motifs is 8. The average molecular weight is 712 g/mol. The molecule has 2 aliphatic carbocycles. The molecule has 0 saturated carbocycles. The number of hydrogen-bond donors (Lipinski definition) is 0. The zero-order valence-corrected chi connectivity index (χ0v) is 30.5. The summed E-state index contributed by atoms with van der Waals surface area (Å²) in [5.41, 5.74) is 13.9. The van der Waals surface area contributed by atoms with Gasteiger partial charge < -0.3 is 0 Å². The predicted molar refractivity (Wildman–Crippen MR) is 225 cm³/mol. The van der Waals surface area contributed by atoms with Crippen LogP contribution in [0.5, 0.6) is 0 Å². The zero-order chi connectivity index (χ0) is 35.9. The first-order valence-corrected chi connectivity index (χ1v) is 19.6. The number of dihydropyridines is 1. The topological polar surface area (TPSA) is 38.1 Å². The lowest BCUT2D eigenvalue weighted by molar-refractivity contribution is 0.698. The van der Waals surface area contributed by atoms with E-state index < -0.39 is 5.41 Å². The van der Waals surface area contributed by atoms with Gasteiger partial charge >= 0.3 is 0 Å². The third-order valence-corrected chi connectivity index (χ3v) is 12.2. The van der Waals surface area contributed by atoms with Gasteiger partial charge in [-0.15, -0.1) is 0 Å². The normalized spacial score (nSPS) is 21.3. The number of allylic oxidation sites excluding steroid dienone is 6. The van der Waals surface area contributed by atoms with E-state index in [9.17, 15) is 0 Å². The number of aromatic nitrogens is 2.